The highest BCUT2D eigenvalue weighted by Gasteiger charge is 2.28. The number of amides is 2. The molecular weight excluding hydrogens is 420 g/mol. The molecule has 1 atom stereocenters. The number of carbonyl (C=O) groups is 2. The van der Waals surface area contributed by atoms with E-state index >= 15 is 0 Å². The van der Waals surface area contributed by atoms with Crippen LogP contribution in [0, 0.1) is 0 Å². The monoisotopic (exact) mass is 448 g/mol. The van der Waals surface area contributed by atoms with Crippen molar-refractivity contribution in [3.8, 4) is 5.75 Å². The van der Waals surface area contributed by atoms with E-state index in [1.807, 2.05) is 54.3 Å². The fraction of sp³-hybridized carbons (Fsp3) is 0.308. The van der Waals surface area contributed by atoms with Crippen LogP contribution in [-0.2, 0) is 24.4 Å². The number of rotatable bonds is 8. The molecule has 1 aromatic heterocycles. The van der Waals surface area contributed by atoms with Crippen molar-refractivity contribution in [3.05, 3.63) is 87.6 Å². The van der Waals surface area contributed by atoms with Crippen molar-refractivity contribution >= 4 is 23.2 Å². The zero-order valence-corrected chi connectivity index (χ0v) is 19.1. The first-order valence-corrected chi connectivity index (χ1v) is 11.9. The van der Waals surface area contributed by atoms with Crippen molar-refractivity contribution in [2.24, 2.45) is 0 Å². The van der Waals surface area contributed by atoms with Crippen LogP contribution < -0.4 is 10.1 Å². The Morgan fingerprint density at radius 2 is 1.88 bits per heavy atom. The quantitative estimate of drug-likeness (QED) is 0.538. The molecule has 0 aliphatic carbocycles. The van der Waals surface area contributed by atoms with Crippen LogP contribution in [0.3, 0.4) is 0 Å². The van der Waals surface area contributed by atoms with Gasteiger partial charge in [0.05, 0.1) is 0 Å². The highest BCUT2D eigenvalue weighted by Crippen LogP contribution is 2.24. The minimum atomic E-state index is -0.506. The molecule has 0 fully saturated rings. The van der Waals surface area contributed by atoms with Crippen molar-refractivity contribution in [3.63, 3.8) is 0 Å². The fourth-order valence-corrected chi connectivity index (χ4v) is 4.77. The second-order valence-electron chi connectivity index (χ2n) is 7.99. The van der Waals surface area contributed by atoms with Gasteiger partial charge in [-0.2, -0.15) is 0 Å². The van der Waals surface area contributed by atoms with Crippen molar-refractivity contribution in [1.82, 2.24) is 10.2 Å². The number of benzene rings is 2. The molecule has 0 radical (unpaired) electrons. The Balaban J connectivity index is 1.35. The fourth-order valence-electron chi connectivity index (χ4n) is 3.88. The SMILES string of the molecule is CCCC(NC(=O)c1ccc(COc2ccccc2)cc1)C(=O)N1CCc2sccc2C1. The average Bonchev–Trinajstić information content (AvgIpc) is 3.31. The van der Waals surface area contributed by atoms with Crippen LogP contribution in [-0.4, -0.2) is 29.3 Å². The molecule has 2 aromatic carbocycles. The van der Waals surface area contributed by atoms with Crippen molar-refractivity contribution in [2.75, 3.05) is 6.54 Å². The zero-order valence-electron chi connectivity index (χ0n) is 18.3. The van der Waals surface area contributed by atoms with Gasteiger partial charge in [0.1, 0.15) is 18.4 Å². The molecule has 166 valence electrons. The summed E-state index contributed by atoms with van der Waals surface area (Å²) in [4.78, 5) is 29.2. The van der Waals surface area contributed by atoms with Crippen LogP contribution in [0.1, 0.15) is 46.1 Å². The van der Waals surface area contributed by atoms with Crippen LogP contribution in [0.4, 0.5) is 0 Å². The summed E-state index contributed by atoms with van der Waals surface area (Å²) in [6, 6.07) is 18.6. The number of para-hydroxylation sites is 1. The lowest BCUT2D eigenvalue weighted by atomic mass is 10.1. The average molecular weight is 449 g/mol. The van der Waals surface area contributed by atoms with Crippen LogP contribution in [0.15, 0.2) is 66.0 Å². The van der Waals surface area contributed by atoms with Gasteiger partial charge in [0.2, 0.25) is 5.91 Å². The minimum Gasteiger partial charge on any atom is -0.489 e. The molecule has 0 saturated carbocycles. The van der Waals surface area contributed by atoms with Gasteiger partial charge in [-0.25, -0.2) is 0 Å². The Morgan fingerprint density at radius 3 is 2.62 bits per heavy atom. The number of nitrogens with zero attached hydrogens (tertiary/aromatic N) is 1. The molecule has 32 heavy (non-hydrogen) atoms. The lowest BCUT2D eigenvalue weighted by Crippen LogP contribution is -2.49. The molecular formula is C26H28N2O3S. The number of ether oxygens (including phenoxy) is 1. The molecule has 2 heterocycles. The maximum atomic E-state index is 13.2. The largest absolute Gasteiger partial charge is 0.489 e. The molecule has 0 spiro atoms. The maximum absolute atomic E-state index is 13.2. The van der Waals surface area contributed by atoms with E-state index < -0.39 is 6.04 Å². The second-order valence-corrected chi connectivity index (χ2v) is 8.99. The number of hydrogen-bond acceptors (Lipinski definition) is 4. The van der Waals surface area contributed by atoms with Gasteiger partial charge in [0.25, 0.3) is 5.91 Å². The Hall–Kier alpha value is -3.12. The van der Waals surface area contributed by atoms with Crippen molar-refractivity contribution in [1.29, 1.82) is 0 Å². The minimum absolute atomic E-state index is 0.00457. The summed E-state index contributed by atoms with van der Waals surface area (Å²) in [6.45, 7) is 3.80. The predicted molar refractivity (Wildman–Crippen MR) is 127 cm³/mol. The summed E-state index contributed by atoms with van der Waals surface area (Å²) in [5.74, 6) is 0.591. The summed E-state index contributed by atoms with van der Waals surface area (Å²) >= 11 is 1.75. The van der Waals surface area contributed by atoms with Gasteiger partial charge in [0, 0.05) is 23.5 Å². The second kappa shape index (κ2) is 10.5. The third kappa shape index (κ3) is 5.37. The molecule has 1 unspecified atom stereocenters. The topological polar surface area (TPSA) is 58.6 Å². The number of hydrogen-bond donors (Lipinski definition) is 1. The normalized spacial score (nSPS) is 13.8. The van der Waals surface area contributed by atoms with Gasteiger partial charge < -0.3 is 15.0 Å². The van der Waals surface area contributed by atoms with Gasteiger partial charge in [-0.1, -0.05) is 43.7 Å². The number of carbonyl (C=O) groups excluding carboxylic acids is 2. The van der Waals surface area contributed by atoms with Crippen molar-refractivity contribution < 1.29 is 14.3 Å². The van der Waals surface area contributed by atoms with Crippen LogP contribution in [0.5, 0.6) is 5.75 Å². The van der Waals surface area contributed by atoms with E-state index in [0.29, 0.717) is 31.7 Å². The van der Waals surface area contributed by atoms with Crippen LogP contribution >= 0.6 is 11.3 Å². The summed E-state index contributed by atoms with van der Waals surface area (Å²) in [5.41, 5.74) is 2.75. The molecule has 0 bridgehead atoms. The van der Waals surface area contributed by atoms with Gasteiger partial charge in [-0.3, -0.25) is 9.59 Å². The first-order valence-electron chi connectivity index (χ1n) is 11.1. The van der Waals surface area contributed by atoms with Gasteiger partial charge in [-0.15, -0.1) is 11.3 Å². The van der Waals surface area contributed by atoms with Gasteiger partial charge in [-0.05, 0) is 59.7 Å². The zero-order chi connectivity index (χ0) is 22.3. The summed E-state index contributed by atoms with van der Waals surface area (Å²) in [7, 11) is 0. The highest BCUT2D eigenvalue weighted by atomic mass is 32.1. The van der Waals surface area contributed by atoms with Crippen molar-refractivity contribution in [2.45, 2.75) is 45.4 Å². The molecule has 0 saturated heterocycles. The molecule has 6 heteroatoms. The highest BCUT2D eigenvalue weighted by molar-refractivity contribution is 7.10. The van der Waals surface area contributed by atoms with E-state index in [1.165, 1.54) is 10.4 Å². The van der Waals surface area contributed by atoms with E-state index in [4.69, 9.17) is 4.74 Å². The third-order valence-electron chi connectivity index (χ3n) is 5.66. The van der Waals surface area contributed by atoms with Gasteiger partial charge >= 0.3 is 0 Å². The molecule has 1 N–H and O–H groups in total. The third-order valence-corrected chi connectivity index (χ3v) is 6.69. The van der Waals surface area contributed by atoms with E-state index in [2.05, 4.69) is 16.8 Å². The predicted octanol–water partition coefficient (Wildman–Crippen LogP) is 4.81. The Bertz CT molecular complexity index is 1050. The van der Waals surface area contributed by atoms with Gasteiger partial charge in [0.15, 0.2) is 0 Å². The standard InChI is InChI=1S/C26H28N2O3S/c1-2-6-23(26(30)28-15-13-24-21(17-28)14-16-32-24)27-25(29)20-11-9-19(10-12-20)18-31-22-7-4-3-5-8-22/h3-5,7-12,14,16,23H,2,6,13,15,17-18H2,1H3,(H,27,29). The summed E-state index contributed by atoms with van der Waals surface area (Å²) in [5, 5.41) is 5.05. The van der Waals surface area contributed by atoms with E-state index in [9.17, 15) is 9.59 Å². The van der Waals surface area contributed by atoms with Crippen LogP contribution in [0.2, 0.25) is 0 Å². The molecule has 5 nitrogen and oxygen atoms in total. The Labute approximate surface area is 193 Å². The lowest BCUT2D eigenvalue weighted by Gasteiger charge is -2.31. The molecule has 1 aliphatic rings. The Morgan fingerprint density at radius 1 is 1.09 bits per heavy atom. The summed E-state index contributed by atoms with van der Waals surface area (Å²) < 4.78 is 5.76. The molecule has 4 rings (SSSR count). The maximum Gasteiger partial charge on any atom is 0.251 e. The molecule has 1 aliphatic heterocycles. The summed E-state index contributed by atoms with van der Waals surface area (Å²) in [6.07, 6.45) is 2.34. The first-order chi connectivity index (χ1) is 15.6. The number of thiophene rings is 1. The van der Waals surface area contributed by atoms with E-state index in [1.54, 1.807) is 23.5 Å². The van der Waals surface area contributed by atoms with E-state index in [-0.39, 0.29) is 11.8 Å². The number of nitrogens with one attached hydrogen (secondary N) is 1. The number of fused-ring (bicyclic) bond motifs is 1. The van der Waals surface area contributed by atoms with Crippen LogP contribution in [0.25, 0.3) is 0 Å². The molecule has 3 aromatic rings. The smallest absolute Gasteiger partial charge is 0.251 e. The van der Waals surface area contributed by atoms with E-state index in [0.717, 1.165) is 24.2 Å². The lowest BCUT2D eigenvalue weighted by molar-refractivity contribution is -0.134. The first kappa shape index (κ1) is 22.1. The molecule has 2 amide bonds. The Kier molecular flexibility index (Phi) is 7.22.